The van der Waals surface area contributed by atoms with E-state index in [2.05, 4.69) is 45.3 Å². The third kappa shape index (κ3) is 12.8. The van der Waals surface area contributed by atoms with Gasteiger partial charge in [0.2, 0.25) is 0 Å². The van der Waals surface area contributed by atoms with Gasteiger partial charge in [-0.1, -0.05) is 98.5 Å². The van der Waals surface area contributed by atoms with Gasteiger partial charge in [-0.15, -0.1) is 5.54 Å². The number of benzene rings is 1. The molecule has 0 aliphatic rings. The maximum atomic E-state index is 14.8. The van der Waals surface area contributed by atoms with Crippen molar-refractivity contribution in [1.29, 1.82) is 0 Å². The van der Waals surface area contributed by atoms with Gasteiger partial charge < -0.3 is 13.9 Å². The molecule has 294 valence electrons. The molecule has 0 N–H and O–H groups in total. The standard InChI is InChI=1S/C37H57F9O3Si2/c1-28(2)51(29(3)4,26-23-34(38,39)35(40,41)36(42,43)37(44,45)46)49-32(22-25-50(9,10)33(5,6)7)17-15-13-11-12-14-16-24-48-27-30-18-20-31(47-8)21-19-30/h15,17-21,28-29,32H,11-14,16,23-24,26-27H2,1-10H3/b17-15+/t32-/m1/s1. The predicted octanol–water partition coefficient (Wildman–Crippen LogP) is 12.8. The lowest BCUT2D eigenvalue weighted by molar-refractivity contribution is -0.396. The number of hydrogen-bond donors (Lipinski definition) is 0. The molecule has 0 fully saturated rings. The Labute approximate surface area is 301 Å². The molecule has 51 heavy (non-hydrogen) atoms. The molecular formula is C37H57F9O3Si2. The average Bonchev–Trinajstić information content (AvgIpc) is 3.01. The Morgan fingerprint density at radius 3 is 1.82 bits per heavy atom. The van der Waals surface area contributed by atoms with Gasteiger partial charge in [0.05, 0.1) is 13.7 Å². The Hall–Kier alpha value is -1.96. The van der Waals surface area contributed by atoms with E-state index in [0.717, 1.165) is 37.0 Å². The summed E-state index contributed by atoms with van der Waals surface area (Å²) in [6, 6.07) is 6.87. The van der Waals surface area contributed by atoms with Crippen molar-refractivity contribution in [3.05, 3.63) is 42.0 Å². The van der Waals surface area contributed by atoms with E-state index in [0.29, 0.717) is 19.6 Å². The lowest BCUT2D eigenvalue weighted by Gasteiger charge is -2.42. The first kappa shape index (κ1) is 47.1. The van der Waals surface area contributed by atoms with Gasteiger partial charge in [-0.2, -0.15) is 39.5 Å². The van der Waals surface area contributed by atoms with Crippen LogP contribution in [0.5, 0.6) is 5.75 Å². The first-order chi connectivity index (χ1) is 23.2. The molecule has 0 spiro atoms. The van der Waals surface area contributed by atoms with Crippen molar-refractivity contribution in [3.63, 3.8) is 0 Å². The van der Waals surface area contributed by atoms with Gasteiger partial charge >= 0.3 is 23.9 Å². The van der Waals surface area contributed by atoms with Gasteiger partial charge in [0.25, 0.3) is 0 Å². The normalized spacial score (nSPS) is 14.7. The van der Waals surface area contributed by atoms with Gasteiger partial charge in [0.15, 0.2) is 8.32 Å². The number of methoxy groups -OCH3 is 1. The molecule has 0 bridgehead atoms. The summed E-state index contributed by atoms with van der Waals surface area (Å²) in [7, 11) is -4.16. The lowest BCUT2D eigenvalue weighted by atomic mass is 10.0. The van der Waals surface area contributed by atoms with Crippen LogP contribution in [0.2, 0.25) is 35.3 Å². The van der Waals surface area contributed by atoms with Crippen LogP contribution in [0, 0.1) is 11.5 Å². The van der Waals surface area contributed by atoms with E-state index in [1.807, 2.05) is 30.3 Å². The van der Waals surface area contributed by atoms with Crippen LogP contribution in [0.3, 0.4) is 0 Å². The van der Waals surface area contributed by atoms with E-state index in [-0.39, 0.29) is 5.04 Å². The zero-order chi connectivity index (χ0) is 39.5. The fraction of sp³-hybridized carbons (Fsp3) is 0.730. The molecule has 1 aromatic carbocycles. The number of halogens is 9. The van der Waals surface area contributed by atoms with Crippen molar-refractivity contribution >= 4 is 16.4 Å². The fourth-order valence-electron chi connectivity index (χ4n) is 5.24. The molecule has 0 unspecified atom stereocenters. The molecule has 0 amide bonds. The number of alkyl halides is 9. The summed E-state index contributed by atoms with van der Waals surface area (Å²) in [5.74, 6) is -15.3. The van der Waals surface area contributed by atoms with Gasteiger partial charge in [0, 0.05) is 13.0 Å². The van der Waals surface area contributed by atoms with Gasteiger partial charge in [-0.25, -0.2) is 0 Å². The molecule has 0 heterocycles. The molecule has 0 aliphatic heterocycles. The molecule has 0 aliphatic carbocycles. The van der Waals surface area contributed by atoms with E-state index in [1.54, 1.807) is 40.9 Å². The van der Waals surface area contributed by atoms with E-state index < -0.39 is 70.0 Å². The lowest BCUT2D eigenvalue weighted by Crippen LogP contribution is -2.61. The summed E-state index contributed by atoms with van der Waals surface area (Å²) in [6.45, 7) is 18.1. The van der Waals surface area contributed by atoms with Crippen LogP contribution >= 0.6 is 0 Å². The minimum absolute atomic E-state index is 0.130. The van der Waals surface area contributed by atoms with E-state index in [4.69, 9.17) is 13.9 Å². The van der Waals surface area contributed by atoms with Crippen LogP contribution in [0.4, 0.5) is 39.5 Å². The molecule has 1 aromatic rings. The van der Waals surface area contributed by atoms with Crippen LogP contribution in [-0.4, -0.2) is 60.2 Å². The molecular weight excluding hydrogens is 720 g/mol. The molecule has 0 radical (unpaired) electrons. The van der Waals surface area contributed by atoms with Gasteiger partial charge in [-0.05, 0) is 65.2 Å². The Kier molecular flexibility index (Phi) is 17.4. The monoisotopic (exact) mass is 776 g/mol. The Balaban J connectivity index is 3.09. The van der Waals surface area contributed by atoms with Crippen molar-refractivity contribution < 1.29 is 53.4 Å². The summed E-state index contributed by atoms with van der Waals surface area (Å²) in [5.41, 5.74) is 3.43. The van der Waals surface area contributed by atoms with Crippen molar-refractivity contribution in [3.8, 4) is 17.2 Å². The Morgan fingerprint density at radius 2 is 1.33 bits per heavy atom. The third-order valence-electron chi connectivity index (χ3n) is 9.89. The zero-order valence-electron chi connectivity index (χ0n) is 31.7. The highest BCUT2D eigenvalue weighted by atomic mass is 28.4. The number of hydrogen-bond acceptors (Lipinski definition) is 3. The van der Waals surface area contributed by atoms with E-state index >= 15 is 0 Å². The second kappa shape index (κ2) is 18.9. The Bertz CT molecular complexity index is 1270. The summed E-state index contributed by atoms with van der Waals surface area (Å²) in [5, 5.41) is -0.130. The number of rotatable bonds is 20. The molecule has 14 heteroatoms. The zero-order valence-corrected chi connectivity index (χ0v) is 33.7. The molecule has 0 aromatic heterocycles. The molecule has 1 rings (SSSR count). The van der Waals surface area contributed by atoms with Crippen molar-refractivity contribution in [2.75, 3.05) is 13.7 Å². The quantitative estimate of drug-likeness (QED) is 0.0434. The van der Waals surface area contributed by atoms with Crippen molar-refractivity contribution in [2.45, 2.75) is 159 Å². The minimum atomic E-state index is -6.92. The van der Waals surface area contributed by atoms with Crippen LogP contribution in [0.25, 0.3) is 0 Å². The third-order valence-corrected chi connectivity index (χ3v) is 20.0. The minimum Gasteiger partial charge on any atom is -0.497 e. The van der Waals surface area contributed by atoms with Crippen LogP contribution in [0.15, 0.2) is 36.4 Å². The summed E-state index contributed by atoms with van der Waals surface area (Å²) in [4.78, 5) is 0. The number of unbranched alkanes of at least 4 members (excludes halogenated alkanes) is 4. The van der Waals surface area contributed by atoms with Crippen LogP contribution in [-0.2, 0) is 15.8 Å². The maximum absolute atomic E-state index is 14.8. The summed E-state index contributed by atoms with van der Waals surface area (Å²) >= 11 is 0. The molecule has 1 atom stereocenters. The van der Waals surface area contributed by atoms with E-state index in [1.165, 1.54) is 0 Å². The topological polar surface area (TPSA) is 27.7 Å². The maximum Gasteiger partial charge on any atom is 0.460 e. The number of ether oxygens (including phenoxy) is 2. The first-order valence-corrected chi connectivity index (χ1v) is 22.7. The second-order valence-corrected chi connectivity index (χ2v) is 25.3. The van der Waals surface area contributed by atoms with Crippen LogP contribution in [0.1, 0.15) is 92.6 Å². The first-order valence-electron chi connectivity index (χ1n) is 17.5. The SMILES string of the molecule is COc1ccc(COCCCCCC/C=C/[C@H](C#C[Si](C)(C)C(C)(C)C)O[Si](CCC(F)(F)C(F)(F)C(F)(F)C(F)(F)F)(C(C)C)C(C)C)cc1. The molecule has 0 saturated carbocycles. The summed E-state index contributed by atoms with van der Waals surface area (Å²) < 4.78 is 141. The largest absolute Gasteiger partial charge is 0.497 e. The highest BCUT2D eigenvalue weighted by Crippen LogP contribution is 2.55. The van der Waals surface area contributed by atoms with Gasteiger partial charge in [-0.3, -0.25) is 0 Å². The molecule has 3 nitrogen and oxygen atoms in total. The van der Waals surface area contributed by atoms with Gasteiger partial charge in [0.1, 0.15) is 19.9 Å². The smallest absolute Gasteiger partial charge is 0.460 e. The highest BCUT2D eigenvalue weighted by Gasteiger charge is 2.81. The highest BCUT2D eigenvalue weighted by molar-refractivity contribution is 6.87. The van der Waals surface area contributed by atoms with Crippen molar-refractivity contribution in [2.24, 2.45) is 0 Å². The predicted molar refractivity (Wildman–Crippen MR) is 191 cm³/mol. The second-order valence-electron chi connectivity index (χ2n) is 15.3. The van der Waals surface area contributed by atoms with E-state index in [9.17, 15) is 39.5 Å². The number of allylic oxidation sites excluding steroid dienone is 1. The molecule has 0 saturated heterocycles. The van der Waals surface area contributed by atoms with Crippen LogP contribution < -0.4 is 4.74 Å². The fourth-order valence-corrected chi connectivity index (χ4v) is 10.6. The average molecular weight is 777 g/mol. The van der Waals surface area contributed by atoms with Crippen molar-refractivity contribution in [1.82, 2.24) is 0 Å². The Morgan fingerprint density at radius 1 is 0.784 bits per heavy atom. The summed E-state index contributed by atoms with van der Waals surface area (Å²) in [6.07, 6.45) is -1.86.